The number of hydrogen-bond acceptors (Lipinski definition) is 4. The van der Waals surface area contributed by atoms with E-state index in [1.54, 1.807) is 66.7 Å². The Morgan fingerprint density at radius 1 is 0.875 bits per heavy atom. The summed E-state index contributed by atoms with van der Waals surface area (Å²) in [4.78, 5) is 25.8. The number of Topliss-reactive ketones (excluding diaryl/α,β-unsaturated/α-hetero) is 1. The zero-order valence-electron chi connectivity index (χ0n) is 17.7. The molecule has 0 amide bonds. The fraction of sp³-hybridized carbons (Fsp3) is 0.222. The Hall–Kier alpha value is -3.57. The Labute approximate surface area is 187 Å². The average molecular weight is 428 g/mol. The summed E-state index contributed by atoms with van der Waals surface area (Å²) >= 11 is 0. The van der Waals surface area contributed by atoms with Gasteiger partial charge in [-0.3, -0.25) is 14.9 Å². The minimum atomic E-state index is -1.54. The smallest absolute Gasteiger partial charge is 0.248 e. The van der Waals surface area contributed by atoms with E-state index in [9.17, 15) is 20.0 Å². The first-order valence-electron chi connectivity index (χ1n) is 10.6. The number of hydrogen-bond donors (Lipinski definition) is 1. The molecule has 1 N–H and O–H groups in total. The lowest BCUT2D eigenvalue weighted by Gasteiger charge is -2.45. The van der Waals surface area contributed by atoms with Crippen LogP contribution in [-0.4, -0.2) is 21.4 Å². The maximum absolute atomic E-state index is 13.6. The maximum Gasteiger partial charge on any atom is 0.248 e. The molecule has 1 aliphatic rings. The predicted molar refractivity (Wildman–Crippen MR) is 124 cm³/mol. The second-order valence-electron chi connectivity index (χ2n) is 8.41. The normalized spacial score (nSPS) is 25.1. The van der Waals surface area contributed by atoms with Crippen molar-refractivity contribution in [2.24, 2.45) is 5.92 Å². The van der Waals surface area contributed by atoms with Crippen LogP contribution in [0, 0.1) is 16.0 Å². The van der Waals surface area contributed by atoms with Gasteiger partial charge < -0.3 is 5.11 Å². The first-order chi connectivity index (χ1) is 15.4. The molecule has 1 saturated carbocycles. The summed E-state index contributed by atoms with van der Waals surface area (Å²) in [6, 6.07) is 26.7. The molecule has 4 rings (SSSR count). The van der Waals surface area contributed by atoms with Gasteiger partial charge in [0.2, 0.25) is 5.54 Å². The summed E-state index contributed by atoms with van der Waals surface area (Å²) in [6.07, 6.45) is 0.0254. The molecule has 0 radical (unpaired) electrons. The molecule has 3 aromatic rings. The zero-order chi connectivity index (χ0) is 22.8. The second-order valence-corrected chi connectivity index (χ2v) is 8.41. The van der Waals surface area contributed by atoms with Crippen molar-refractivity contribution in [3.8, 4) is 0 Å². The van der Waals surface area contributed by atoms with Crippen LogP contribution in [-0.2, 0) is 5.60 Å². The van der Waals surface area contributed by atoms with Crippen LogP contribution in [0.5, 0.6) is 0 Å². The number of rotatable bonds is 6. The molecule has 162 valence electrons. The van der Waals surface area contributed by atoms with Gasteiger partial charge in [0.15, 0.2) is 5.78 Å². The van der Waals surface area contributed by atoms with Crippen molar-refractivity contribution in [1.82, 2.24) is 0 Å². The molecule has 0 aliphatic heterocycles. The number of aliphatic hydroxyl groups is 1. The van der Waals surface area contributed by atoms with E-state index in [2.05, 4.69) is 6.58 Å². The monoisotopic (exact) mass is 427 g/mol. The Balaban J connectivity index is 1.82. The van der Waals surface area contributed by atoms with Crippen molar-refractivity contribution >= 4 is 11.4 Å². The first-order valence-corrected chi connectivity index (χ1v) is 10.6. The molecular formula is C27H25NO4. The molecule has 3 atom stereocenters. The van der Waals surface area contributed by atoms with E-state index in [0.717, 1.165) is 0 Å². The highest BCUT2D eigenvalue weighted by Gasteiger charge is 2.59. The summed E-state index contributed by atoms with van der Waals surface area (Å²) in [7, 11) is 0. The van der Waals surface area contributed by atoms with Crippen molar-refractivity contribution in [2.75, 3.05) is 0 Å². The fourth-order valence-electron chi connectivity index (χ4n) is 4.82. The quantitative estimate of drug-likeness (QED) is 0.329. The second kappa shape index (κ2) is 8.52. The van der Waals surface area contributed by atoms with Crippen molar-refractivity contribution in [3.63, 3.8) is 0 Å². The van der Waals surface area contributed by atoms with E-state index in [1.807, 2.05) is 24.3 Å². The number of benzene rings is 3. The first kappa shape index (κ1) is 21.7. The lowest BCUT2D eigenvalue weighted by Crippen LogP contribution is -2.54. The number of carbonyl (C=O) groups excluding carboxylic acids is 1. The van der Waals surface area contributed by atoms with E-state index >= 15 is 0 Å². The van der Waals surface area contributed by atoms with E-state index in [-0.39, 0.29) is 30.0 Å². The lowest BCUT2D eigenvalue weighted by molar-refractivity contribution is -0.559. The van der Waals surface area contributed by atoms with Crippen LogP contribution in [0.4, 0.5) is 0 Å². The van der Waals surface area contributed by atoms with Crippen LogP contribution in [0.2, 0.25) is 0 Å². The Kier molecular flexibility index (Phi) is 5.76. The number of nitrogens with zero attached hydrogens (tertiary/aromatic N) is 1. The largest absolute Gasteiger partial charge is 0.384 e. The summed E-state index contributed by atoms with van der Waals surface area (Å²) in [5, 5.41) is 24.3. The molecule has 0 unspecified atom stereocenters. The third-order valence-electron chi connectivity index (χ3n) is 6.72. The van der Waals surface area contributed by atoms with Crippen LogP contribution in [0.3, 0.4) is 0 Å². The van der Waals surface area contributed by atoms with Gasteiger partial charge in [-0.2, -0.15) is 0 Å². The van der Waals surface area contributed by atoms with Crippen LogP contribution in [0.1, 0.15) is 40.7 Å². The van der Waals surface area contributed by atoms with E-state index < -0.39 is 17.1 Å². The summed E-state index contributed by atoms with van der Waals surface area (Å²) < 4.78 is 0. The van der Waals surface area contributed by atoms with Crippen molar-refractivity contribution in [3.05, 3.63) is 124 Å². The standard InChI is InChI=1S/C27H25NO4/c1-20(21-11-5-2-6-12-21)26(28(31)32)17-18-27(30,23-15-9-4-10-16-23)24(19-26)25(29)22-13-7-3-8-14-22/h2-16,24,30H,1,17-19H2/t24-,26-,27+/m1/s1. The molecule has 1 fully saturated rings. The topological polar surface area (TPSA) is 80.4 Å². The van der Waals surface area contributed by atoms with Crippen LogP contribution >= 0.6 is 0 Å². The number of nitro groups is 1. The lowest BCUT2D eigenvalue weighted by atomic mass is 9.60. The Morgan fingerprint density at radius 3 is 1.91 bits per heavy atom. The van der Waals surface area contributed by atoms with Crippen LogP contribution in [0.25, 0.3) is 5.57 Å². The van der Waals surface area contributed by atoms with Gasteiger partial charge in [0.05, 0.1) is 5.92 Å². The summed E-state index contributed by atoms with van der Waals surface area (Å²) in [5.41, 5.74) is -1.00. The Bertz CT molecular complexity index is 1130. The highest BCUT2D eigenvalue weighted by Crippen LogP contribution is 2.51. The van der Waals surface area contributed by atoms with Gasteiger partial charge in [-0.25, -0.2) is 0 Å². The third-order valence-corrected chi connectivity index (χ3v) is 6.72. The van der Waals surface area contributed by atoms with E-state index in [0.29, 0.717) is 22.3 Å². The van der Waals surface area contributed by atoms with Crippen molar-refractivity contribution in [2.45, 2.75) is 30.4 Å². The molecule has 0 saturated heterocycles. The van der Waals surface area contributed by atoms with Gasteiger partial charge >= 0.3 is 0 Å². The molecule has 1 aliphatic carbocycles. The summed E-state index contributed by atoms with van der Waals surface area (Å²) in [5.74, 6) is -1.30. The molecule has 5 heteroatoms. The minimum absolute atomic E-state index is 0.0765. The maximum atomic E-state index is 13.6. The molecule has 0 heterocycles. The van der Waals surface area contributed by atoms with Gasteiger partial charge in [-0.1, -0.05) is 97.6 Å². The van der Waals surface area contributed by atoms with Crippen molar-refractivity contribution < 1.29 is 14.8 Å². The average Bonchev–Trinajstić information content (AvgIpc) is 2.85. The molecule has 32 heavy (non-hydrogen) atoms. The van der Waals surface area contributed by atoms with Gasteiger partial charge in [0.1, 0.15) is 5.60 Å². The van der Waals surface area contributed by atoms with Crippen LogP contribution < -0.4 is 0 Å². The van der Waals surface area contributed by atoms with E-state index in [4.69, 9.17) is 0 Å². The van der Waals surface area contributed by atoms with Crippen LogP contribution in [0.15, 0.2) is 97.6 Å². The van der Waals surface area contributed by atoms with Gasteiger partial charge in [0.25, 0.3) is 0 Å². The molecule has 0 bridgehead atoms. The highest BCUT2D eigenvalue weighted by molar-refractivity contribution is 5.99. The van der Waals surface area contributed by atoms with Crippen molar-refractivity contribution in [1.29, 1.82) is 0 Å². The van der Waals surface area contributed by atoms with Gasteiger partial charge in [-0.15, -0.1) is 0 Å². The molecule has 3 aromatic carbocycles. The molecule has 5 nitrogen and oxygen atoms in total. The third kappa shape index (κ3) is 3.65. The van der Waals surface area contributed by atoms with E-state index in [1.165, 1.54) is 0 Å². The zero-order valence-corrected chi connectivity index (χ0v) is 17.7. The van der Waals surface area contributed by atoms with Gasteiger partial charge in [-0.05, 0) is 17.5 Å². The highest BCUT2D eigenvalue weighted by atomic mass is 16.6. The SMILES string of the molecule is C=C(c1ccccc1)[C@@]1([N+](=O)[O-])CC[C@](O)(c2ccccc2)[C@@H](C(=O)c2ccccc2)C1. The fourth-order valence-corrected chi connectivity index (χ4v) is 4.82. The molecule has 0 spiro atoms. The number of ketones is 1. The predicted octanol–water partition coefficient (Wildman–Crippen LogP) is 5.29. The molecular weight excluding hydrogens is 402 g/mol. The number of carbonyl (C=O) groups is 1. The minimum Gasteiger partial charge on any atom is -0.384 e. The van der Waals surface area contributed by atoms with Gasteiger partial charge in [0, 0.05) is 28.9 Å². The molecule has 0 aromatic heterocycles. The summed E-state index contributed by atoms with van der Waals surface area (Å²) in [6.45, 7) is 4.09. The Morgan fingerprint density at radius 2 is 1.38 bits per heavy atom.